The van der Waals surface area contributed by atoms with Gasteiger partial charge in [-0.2, -0.15) is 0 Å². The van der Waals surface area contributed by atoms with E-state index in [4.69, 9.17) is 28.9 Å². The number of amides is 1. The van der Waals surface area contributed by atoms with Gasteiger partial charge in [-0.1, -0.05) is 23.8 Å². The quantitative estimate of drug-likeness (QED) is 0.487. The molecule has 1 aromatic rings. The van der Waals surface area contributed by atoms with E-state index in [1.54, 1.807) is 6.08 Å². The number of nitrogens with two attached hydrogens (primary N) is 1. The third kappa shape index (κ3) is 3.15. The lowest BCUT2D eigenvalue weighted by Crippen LogP contribution is -2.24. The van der Waals surface area contributed by atoms with Crippen LogP contribution >= 0.6 is 23.2 Å². The molecule has 2 rings (SSSR count). The van der Waals surface area contributed by atoms with Crippen molar-refractivity contribution >= 4 is 34.9 Å². The third-order valence-electron chi connectivity index (χ3n) is 2.37. The lowest BCUT2D eigenvalue weighted by atomic mass is 10.1. The number of anilines is 1. The van der Waals surface area contributed by atoms with Crippen LogP contribution in [0, 0.1) is 5.92 Å². The second-order valence-corrected chi connectivity index (χ2v) is 4.45. The highest BCUT2D eigenvalue weighted by Crippen LogP contribution is 2.20. The summed E-state index contributed by atoms with van der Waals surface area (Å²) in [4.78, 5) is 19.4. The molecule has 1 aliphatic carbocycles. The molecule has 1 heterocycles. The summed E-state index contributed by atoms with van der Waals surface area (Å²) in [6, 6.07) is 1.37. The minimum Gasteiger partial charge on any atom is -0.324 e. The van der Waals surface area contributed by atoms with Crippen LogP contribution in [-0.4, -0.2) is 21.9 Å². The molecular formula is C10H10Cl2N4O. The van der Waals surface area contributed by atoms with Gasteiger partial charge in [-0.05, 0) is 18.0 Å². The lowest BCUT2D eigenvalue weighted by molar-refractivity contribution is -0.118. The smallest absolute Gasteiger partial charge is 0.232 e. The monoisotopic (exact) mass is 272 g/mol. The van der Waals surface area contributed by atoms with Crippen molar-refractivity contribution in [3.05, 3.63) is 28.7 Å². The van der Waals surface area contributed by atoms with Crippen molar-refractivity contribution in [1.29, 1.82) is 0 Å². The molecule has 0 fully saturated rings. The summed E-state index contributed by atoms with van der Waals surface area (Å²) in [5.74, 6) is -0.133. The standard InChI is InChI=1S/C10H10Cl2N4O/c11-7-4-8(16-10(12)14-7)15-9(17)5-1-2-6(13)3-5/h1-2,4-6H,3,13H2,(H,14,15,16,17). The molecule has 0 bridgehead atoms. The molecule has 7 heteroatoms. The van der Waals surface area contributed by atoms with Gasteiger partial charge < -0.3 is 11.1 Å². The van der Waals surface area contributed by atoms with Gasteiger partial charge in [0.15, 0.2) is 0 Å². The van der Waals surface area contributed by atoms with Crippen LogP contribution in [0.25, 0.3) is 0 Å². The molecule has 0 radical (unpaired) electrons. The Kier molecular flexibility index (Phi) is 3.61. The first kappa shape index (κ1) is 12.3. The summed E-state index contributed by atoms with van der Waals surface area (Å²) >= 11 is 11.3. The normalized spacial score (nSPS) is 22.8. The molecule has 17 heavy (non-hydrogen) atoms. The molecule has 2 atom stereocenters. The van der Waals surface area contributed by atoms with Gasteiger partial charge in [0.05, 0.1) is 5.92 Å². The molecule has 5 nitrogen and oxygen atoms in total. The molecule has 90 valence electrons. The number of nitrogens with zero attached hydrogens (tertiary/aromatic N) is 2. The number of carbonyl (C=O) groups is 1. The van der Waals surface area contributed by atoms with Gasteiger partial charge in [0.2, 0.25) is 11.2 Å². The first-order valence-electron chi connectivity index (χ1n) is 4.99. The molecule has 1 aliphatic rings. The van der Waals surface area contributed by atoms with Crippen LogP contribution in [0.15, 0.2) is 18.2 Å². The van der Waals surface area contributed by atoms with E-state index in [0.717, 1.165) is 0 Å². The topological polar surface area (TPSA) is 80.9 Å². The van der Waals surface area contributed by atoms with Crippen LogP contribution in [-0.2, 0) is 4.79 Å². The van der Waals surface area contributed by atoms with Gasteiger partial charge in [0.25, 0.3) is 0 Å². The number of halogens is 2. The van der Waals surface area contributed by atoms with Crippen LogP contribution in [0.1, 0.15) is 6.42 Å². The van der Waals surface area contributed by atoms with Crippen molar-refractivity contribution in [3.63, 3.8) is 0 Å². The van der Waals surface area contributed by atoms with Gasteiger partial charge in [-0.3, -0.25) is 4.79 Å². The SMILES string of the molecule is NC1C=CC(C(=O)Nc2cc(Cl)nc(Cl)n2)C1. The second-order valence-electron chi connectivity index (χ2n) is 3.73. The highest BCUT2D eigenvalue weighted by atomic mass is 35.5. The van der Waals surface area contributed by atoms with E-state index < -0.39 is 0 Å². The predicted octanol–water partition coefficient (Wildman–Crippen LogP) is 1.63. The largest absolute Gasteiger partial charge is 0.324 e. The summed E-state index contributed by atoms with van der Waals surface area (Å²) in [6.07, 6.45) is 4.19. The van der Waals surface area contributed by atoms with E-state index in [0.29, 0.717) is 6.42 Å². The summed E-state index contributed by atoms with van der Waals surface area (Å²) in [5, 5.41) is 2.79. The molecule has 0 saturated carbocycles. The Bertz CT molecular complexity index is 457. The first-order chi connectivity index (χ1) is 8.04. The maximum absolute atomic E-state index is 11.8. The number of carbonyl (C=O) groups excluding carboxylic acids is 1. The first-order valence-corrected chi connectivity index (χ1v) is 5.75. The summed E-state index contributed by atoms with van der Waals surface area (Å²) < 4.78 is 0. The van der Waals surface area contributed by atoms with E-state index in [1.165, 1.54) is 6.07 Å². The van der Waals surface area contributed by atoms with Gasteiger partial charge in [0, 0.05) is 12.1 Å². The minimum atomic E-state index is -0.238. The lowest BCUT2D eigenvalue weighted by Gasteiger charge is -2.09. The maximum atomic E-state index is 11.8. The van der Waals surface area contributed by atoms with Crippen LogP contribution in [0.4, 0.5) is 5.82 Å². The van der Waals surface area contributed by atoms with Crippen molar-refractivity contribution in [1.82, 2.24) is 9.97 Å². The van der Waals surface area contributed by atoms with Crippen LogP contribution in [0.2, 0.25) is 10.4 Å². The molecule has 0 aromatic carbocycles. The van der Waals surface area contributed by atoms with Crippen molar-refractivity contribution in [2.24, 2.45) is 11.7 Å². The van der Waals surface area contributed by atoms with E-state index in [9.17, 15) is 4.79 Å². The van der Waals surface area contributed by atoms with E-state index in [2.05, 4.69) is 15.3 Å². The molecule has 0 saturated heterocycles. The van der Waals surface area contributed by atoms with Gasteiger partial charge >= 0.3 is 0 Å². The molecule has 0 aliphatic heterocycles. The van der Waals surface area contributed by atoms with Crippen molar-refractivity contribution < 1.29 is 4.79 Å². The molecule has 3 N–H and O–H groups in total. The fourth-order valence-electron chi connectivity index (χ4n) is 1.59. The Morgan fingerprint density at radius 3 is 2.76 bits per heavy atom. The van der Waals surface area contributed by atoms with Crippen molar-refractivity contribution in [2.75, 3.05) is 5.32 Å². The number of rotatable bonds is 2. The molecular weight excluding hydrogens is 263 g/mol. The predicted molar refractivity (Wildman–Crippen MR) is 65.9 cm³/mol. The highest BCUT2D eigenvalue weighted by Gasteiger charge is 2.23. The number of hydrogen-bond acceptors (Lipinski definition) is 4. The average Bonchev–Trinajstić information content (AvgIpc) is 2.63. The summed E-state index contributed by atoms with van der Waals surface area (Å²) in [5.41, 5.74) is 5.67. The van der Waals surface area contributed by atoms with Crippen LogP contribution < -0.4 is 11.1 Å². The molecule has 1 amide bonds. The Labute approximate surface area is 108 Å². The van der Waals surface area contributed by atoms with Crippen molar-refractivity contribution in [2.45, 2.75) is 12.5 Å². The fourth-order valence-corrected chi connectivity index (χ4v) is 2.00. The fraction of sp³-hybridized carbons (Fsp3) is 0.300. The molecule has 0 spiro atoms. The van der Waals surface area contributed by atoms with Crippen LogP contribution in [0.5, 0.6) is 0 Å². The van der Waals surface area contributed by atoms with E-state index >= 15 is 0 Å². The van der Waals surface area contributed by atoms with Gasteiger partial charge in [-0.25, -0.2) is 9.97 Å². The molecule has 1 aromatic heterocycles. The maximum Gasteiger partial charge on any atom is 0.232 e. The van der Waals surface area contributed by atoms with E-state index in [1.807, 2.05) is 6.08 Å². The van der Waals surface area contributed by atoms with Crippen molar-refractivity contribution in [3.8, 4) is 0 Å². The third-order valence-corrected chi connectivity index (χ3v) is 2.74. The zero-order chi connectivity index (χ0) is 12.4. The Balaban J connectivity index is 2.05. The van der Waals surface area contributed by atoms with Crippen LogP contribution in [0.3, 0.4) is 0 Å². The zero-order valence-corrected chi connectivity index (χ0v) is 10.2. The zero-order valence-electron chi connectivity index (χ0n) is 8.73. The van der Waals surface area contributed by atoms with E-state index in [-0.39, 0.29) is 34.1 Å². The van der Waals surface area contributed by atoms with Gasteiger partial charge in [0.1, 0.15) is 11.0 Å². The second kappa shape index (κ2) is 5.00. The minimum absolute atomic E-state index is 0.00790. The van der Waals surface area contributed by atoms with Gasteiger partial charge in [-0.15, -0.1) is 0 Å². The average molecular weight is 273 g/mol. The number of hydrogen-bond donors (Lipinski definition) is 2. The summed E-state index contributed by atoms with van der Waals surface area (Å²) in [7, 11) is 0. The Morgan fingerprint density at radius 1 is 1.41 bits per heavy atom. The number of aromatic nitrogens is 2. The Morgan fingerprint density at radius 2 is 2.18 bits per heavy atom. The Hall–Kier alpha value is -1.17. The molecule has 2 unspecified atom stereocenters. The highest BCUT2D eigenvalue weighted by molar-refractivity contribution is 6.32. The summed E-state index contributed by atoms with van der Waals surface area (Å²) in [6.45, 7) is 0. The number of nitrogens with one attached hydrogen (secondary N) is 1.